The van der Waals surface area contributed by atoms with E-state index in [1.54, 1.807) is 6.08 Å². The summed E-state index contributed by atoms with van der Waals surface area (Å²) in [5.41, 5.74) is -0.175. The van der Waals surface area contributed by atoms with Crippen molar-refractivity contribution in [3.8, 4) is 0 Å². The number of carbonyl (C=O) groups excluding carboxylic acids is 3. The molecule has 4 aliphatic carbocycles. The van der Waals surface area contributed by atoms with E-state index in [-0.39, 0.29) is 58.8 Å². The lowest BCUT2D eigenvalue weighted by Crippen LogP contribution is -2.63. The van der Waals surface area contributed by atoms with Crippen LogP contribution in [0.3, 0.4) is 0 Å². The van der Waals surface area contributed by atoms with E-state index >= 15 is 0 Å². The van der Waals surface area contributed by atoms with Gasteiger partial charge in [0, 0.05) is 29.6 Å². The van der Waals surface area contributed by atoms with Crippen LogP contribution in [0, 0.1) is 28.6 Å². The van der Waals surface area contributed by atoms with Gasteiger partial charge in [-0.05, 0) is 44.1 Å². The van der Waals surface area contributed by atoms with Crippen LogP contribution in [0.25, 0.3) is 0 Å². The van der Waals surface area contributed by atoms with Gasteiger partial charge in [0.15, 0.2) is 11.6 Å². The molecule has 2 heterocycles. The number of rotatable bonds is 1. The number of carbonyl (C=O) groups is 3. The van der Waals surface area contributed by atoms with E-state index in [4.69, 9.17) is 14.2 Å². The maximum Gasteiger partial charge on any atom is 0.309 e. The average molecular weight is 414 g/mol. The molecule has 5 fully saturated rings. The Morgan fingerprint density at radius 1 is 1.23 bits per heavy atom. The third-order valence-electron chi connectivity index (χ3n) is 10.2. The number of hydrogen-bond acceptors (Lipinski definition) is 6. The predicted molar refractivity (Wildman–Crippen MR) is 105 cm³/mol. The average Bonchev–Trinajstić information content (AvgIpc) is 3.20. The van der Waals surface area contributed by atoms with Crippen molar-refractivity contribution in [3.05, 3.63) is 11.6 Å². The maximum absolute atomic E-state index is 13.0. The monoisotopic (exact) mass is 414 g/mol. The molecule has 6 rings (SSSR count). The first-order valence-electron chi connectivity index (χ1n) is 11.4. The lowest BCUT2D eigenvalue weighted by Gasteiger charge is -2.58. The molecule has 1 unspecified atom stereocenters. The van der Waals surface area contributed by atoms with Gasteiger partial charge in [0.1, 0.15) is 12.2 Å². The molecule has 6 heteroatoms. The summed E-state index contributed by atoms with van der Waals surface area (Å²) >= 11 is 0. The molecule has 0 bridgehead atoms. The Labute approximate surface area is 176 Å². The number of fused-ring (bicyclic) bond motifs is 4. The van der Waals surface area contributed by atoms with Gasteiger partial charge in [-0.1, -0.05) is 19.4 Å². The first-order chi connectivity index (χ1) is 14.2. The van der Waals surface area contributed by atoms with Gasteiger partial charge in [-0.3, -0.25) is 14.4 Å². The van der Waals surface area contributed by atoms with Crippen molar-refractivity contribution >= 4 is 17.5 Å². The molecule has 2 saturated heterocycles. The fourth-order valence-electron chi connectivity index (χ4n) is 8.65. The number of ketones is 2. The zero-order valence-electron chi connectivity index (χ0n) is 18.0. The zero-order chi connectivity index (χ0) is 21.1. The summed E-state index contributed by atoms with van der Waals surface area (Å²) < 4.78 is 18.1. The van der Waals surface area contributed by atoms with Crippen LogP contribution in [0.5, 0.6) is 0 Å². The van der Waals surface area contributed by atoms with E-state index in [1.807, 2.05) is 0 Å². The second kappa shape index (κ2) is 5.63. The largest absolute Gasteiger partial charge is 0.469 e. The summed E-state index contributed by atoms with van der Waals surface area (Å²) in [5.74, 6) is 0.0772. The first kappa shape index (κ1) is 19.2. The molecule has 3 saturated carbocycles. The Bertz CT molecular complexity index is 907. The van der Waals surface area contributed by atoms with Crippen LogP contribution < -0.4 is 0 Å². The van der Waals surface area contributed by atoms with E-state index in [0.717, 1.165) is 31.3 Å². The van der Waals surface area contributed by atoms with E-state index in [0.29, 0.717) is 19.3 Å². The maximum atomic E-state index is 13.0. The van der Waals surface area contributed by atoms with Crippen LogP contribution in [-0.4, -0.2) is 48.6 Å². The molecule has 0 radical (unpaired) electrons. The molecule has 0 aromatic heterocycles. The van der Waals surface area contributed by atoms with Crippen LogP contribution in [0.1, 0.15) is 58.8 Å². The summed E-state index contributed by atoms with van der Waals surface area (Å²) in [6, 6.07) is 0. The molecule has 8 atom stereocenters. The number of Topliss-reactive ketones (excluding diaryl/α,β-unsaturated/α-hetero) is 1. The van der Waals surface area contributed by atoms with Gasteiger partial charge in [0.05, 0.1) is 24.7 Å². The molecule has 0 aromatic carbocycles. The van der Waals surface area contributed by atoms with E-state index in [2.05, 4.69) is 13.8 Å². The zero-order valence-corrected chi connectivity index (χ0v) is 18.0. The lowest BCUT2D eigenvalue weighted by molar-refractivity contribution is -0.163. The number of ether oxygens (including phenoxy) is 3. The Morgan fingerprint density at radius 3 is 2.73 bits per heavy atom. The van der Waals surface area contributed by atoms with Gasteiger partial charge >= 0.3 is 5.97 Å². The molecule has 0 amide bonds. The van der Waals surface area contributed by atoms with Crippen molar-refractivity contribution in [3.63, 3.8) is 0 Å². The predicted octanol–water partition coefficient (Wildman–Crippen LogP) is 2.78. The molecular formula is C24H30O6. The van der Waals surface area contributed by atoms with Crippen LogP contribution in [0.15, 0.2) is 11.6 Å². The quantitative estimate of drug-likeness (QED) is 0.485. The summed E-state index contributed by atoms with van der Waals surface area (Å²) in [7, 11) is 1.45. The number of epoxide rings is 1. The van der Waals surface area contributed by atoms with Crippen molar-refractivity contribution in [2.45, 2.75) is 76.1 Å². The van der Waals surface area contributed by atoms with Gasteiger partial charge in [0.2, 0.25) is 0 Å². The molecular weight excluding hydrogens is 384 g/mol. The van der Waals surface area contributed by atoms with Crippen molar-refractivity contribution < 1.29 is 28.6 Å². The van der Waals surface area contributed by atoms with Crippen LogP contribution in [0.4, 0.5) is 0 Å². The van der Waals surface area contributed by atoms with Gasteiger partial charge in [0.25, 0.3) is 0 Å². The van der Waals surface area contributed by atoms with Gasteiger partial charge in [-0.25, -0.2) is 0 Å². The normalized spacial score (nSPS) is 53.5. The summed E-state index contributed by atoms with van der Waals surface area (Å²) in [5, 5.41) is 0. The fourth-order valence-corrected chi connectivity index (χ4v) is 8.65. The van der Waals surface area contributed by atoms with Crippen LogP contribution in [0.2, 0.25) is 0 Å². The molecule has 162 valence electrons. The first-order valence-corrected chi connectivity index (χ1v) is 11.4. The van der Waals surface area contributed by atoms with E-state index < -0.39 is 11.2 Å². The SMILES string of the molecule is COC(=O)C1CC2=CC(=O)CC[C@]2(C)[C@@]23O[C@H]2C[C@@]2(C)[C@H](CC[C@@]24CC(=O)CO4)[C@H]13. The van der Waals surface area contributed by atoms with Crippen molar-refractivity contribution in [1.82, 2.24) is 0 Å². The second-order valence-electron chi connectivity index (χ2n) is 11.0. The number of esters is 1. The van der Waals surface area contributed by atoms with Crippen molar-refractivity contribution in [1.29, 1.82) is 0 Å². The highest BCUT2D eigenvalue weighted by Gasteiger charge is 2.83. The third kappa shape index (κ3) is 1.97. The van der Waals surface area contributed by atoms with Gasteiger partial charge in [-0.2, -0.15) is 0 Å². The minimum absolute atomic E-state index is 0.0303. The fraction of sp³-hybridized carbons (Fsp3) is 0.792. The minimum atomic E-state index is -0.424. The topological polar surface area (TPSA) is 82.2 Å². The van der Waals surface area contributed by atoms with Crippen molar-refractivity contribution in [2.75, 3.05) is 13.7 Å². The van der Waals surface area contributed by atoms with E-state index in [9.17, 15) is 14.4 Å². The smallest absolute Gasteiger partial charge is 0.309 e. The Balaban J connectivity index is 1.49. The number of hydrogen-bond donors (Lipinski definition) is 0. The Kier molecular flexibility index (Phi) is 3.60. The molecule has 6 nitrogen and oxygen atoms in total. The third-order valence-corrected chi connectivity index (χ3v) is 10.2. The van der Waals surface area contributed by atoms with Crippen molar-refractivity contribution in [2.24, 2.45) is 28.6 Å². The highest BCUT2D eigenvalue weighted by molar-refractivity contribution is 5.92. The molecule has 6 aliphatic rings. The highest BCUT2D eigenvalue weighted by atomic mass is 16.6. The standard InChI is InChI=1S/C24H30O6/c1-21-6-4-14(25)8-13(21)9-16(20(27)28-3)19-17-5-7-23(10-15(26)12-29-23)22(17,2)11-18-24(19,21)30-18/h8,16-19H,4-7,9-12H2,1-3H3/t16?,17-,18+,19+,21+,22+,23-,24-/m1/s1. The Morgan fingerprint density at radius 2 is 2.03 bits per heavy atom. The van der Waals surface area contributed by atoms with Gasteiger partial charge in [-0.15, -0.1) is 0 Å². The summed E-state index contributed by atoms with van der Waals surface area (Å²) in [6.45, 7) is 4.72. The van der Waals surface area contributed by atoms with E-state index in [1.165, 1.54) is 7.11 Å². The lowest BCUT2D eigenvalue weighted by atomic mass is 9.43. The number of methoxy groups -OCH3 is 1. The Hall–Kier alpha value is -1.53. The molecule has 30 heavy (non-hydrogen) atoms. The molecule has 0 aromatic rings. The minimum Gasteiger partial charge on any atom is -0.469 e. The van der Waals surface area contributed by atoms with Gasteiger partial charge < -0.3 is 14.2 Å². The summed E-state index contributed by atoms with van der Waals surface area (Å²) in [4.78, 5) is 37.5. The highest BCUT2D eigenvalue weighted by Crippen LogP contribution is 2.78. The van der Waals surface area contributed by atoms with Crippen LogP contribution >= 0.6 is 0 Å². The second-order valence-corrected chi connectivity index (χ2v) is 11.0. The summed E-state index contributed by atoms with van der Waals surface area (Å²) in [6.07, 6.45) is 6.84. The molecule has 2 spiro atoms. The van der Waals surface area contributed by atoms with Crippen LogP contribution in [-0.2, 0) is 28.6 Å². The molecule has 0 N–H and O–H groups in total. The molecule has 2 aliphatic heterocycles.